The van der Waals surface area contributed by atoms with Gasteiger partial charge >= 0.3 is 6.03 Å². The van der Waals surface area contributed by atoms with E-state index in [0.717, 1.165) is 10.6 Å². The van der Waals surface area contributed by atoms with Crippen LogP contribution in [0.1, 0.15) is 23.9 Å². The third kappa shape index (κ3) is 5.91. The van der Waals surface area contributed by atoms with Gasteiger partial charge in [-0.15, -0.1) is 10.2 Å². The molecule has 0 bridgehead atoms. The summed E-state index contributed by atoms with van der Waals surface area (Å²) >= 11 is 1.28. The smallest absolute Gasteiger partial charge is 0.321 e. The number of aliphatic hydroxyl groups excluding tert-OH is 1. The molecule has 0 aliphatic rings. The first-order valence-corrected chi connectivity index (χ1v) is 8.11. The molecule has 124 valence electrons. The summed E-state index contributed by atoms with van der Waals surface area (Å²) in [5, 5.41) is 23.2. The first-order valence-electron chi connectivity index (χ1n) is 7.29. The number of benzene rings is 1. The molecule has 0 radical (unpaired) electrons. The number of halogens is 1. The van der Waals surface area contributed by atoms with Crippen LogP contribution in [-0.2, 0) is 6.42 Å². The molecule has 6 nitrogen and oxygen atoms in total. The Hall–Kier alpha value is -2.06. The van der Waals surface area contributed by atoms with E-state index in [1.54, 1.807) is 12.1 Å². The SMILES string of the molecule is CC(CCO)CNC(=O)Nc1nnc(Cc2ccc(F)cc2)s1. The summed E-state index contributed by atoms with van der Waals surface area (Å²) in [7, 11) is 0. The van der Waals surface area contributed by atoms with Crippen molar-refractivity contribution in [1.82, 2.24) is 15.5 Å². The van der Waals surface area contributed by atoms with Gasteiger partial charge in [-0.25, -0.2) is 9.18 Å². The summed E-state index contributed by atoms with van der Waals surface area (Å²) in [6, 6.07) is 5.84. The van der Waals surface area contributed by atoms with Gasteiger partial charge in [0.25, 0.3) is 0 Å². The molecule has 0 saturated heterocycles. The van der Waals surface area contributed by atoms with Gasteiger partial charge in [0.1, 0.15) is 10.8 Å². The molecule has 8 heteroatoms. The Kier molecular flexibility index (Phi) is 6.42. The minimum absolute atomic E-state index is 0.105. The highest BCUT2D eigenvalue weighted by atomic mass is 32.1. The maximum atomic E-state index is 12.9. The van der Waals surface area contributed by atoms with Gasteiger partial charge in [0.15, 0.2) is 0 Å². The maximum Gasteiger partial charge on any atom is 0.321 e. The number of carbonyl (C=O) groups excluding carboxylic acids is 1. The monoisotopic (exact) mass is 338 g/mol. The molecule has 1 aromatic carbocycles. The predicted molar refractivity (Wildman–Crippen MR) is 87.0 cm³/mol. The number of hydrogen-bond acceptors (Lipinski definition) is 5. The fourth-order valence-corrected chi connectivity index (χ4v) is 2.65. The second-order valence-electron chi connectivity index (χ2n) is 5.26. The van der Waals surface area contributed by atoms with Crippen molar-refractivity contribution in [2.75, 3.05) is 18.5 Å². The quantitative estimate of drug-likeness (QED) is 0.723. The van der Waals surface area contributed by atoms with Crippen molar-refractivity contribution < 1.29 is 14.3 Å². The summed E-state index contributed by atoms with van der Waals surface area (Å²) in [5.41, 5.74) is 0.927. The molecule has 23 heavy (non-hydrogen) atoms. The summed E-state index contributed by atoms with van der Waals surface area (Å²) in [6.45, 7) is 2.53. The molecule has 1 heterocycles. The van der Waals surface area contributed by atoms with E-state index >= 15 is 0 Å². The third-order valence-corrected chi connectivity index (χ3v) is 4.03. The van der Waals surface area contributed by atoms with E-state index in [9.17, 15) is 9.18 Å². The molecule has 1 atom stereocenters. The normalized spacial score (nSPS) is 12.0. The molecule has 0 saturated carbocycles. The fraction of sp³-hybridized carbons (Fsp3) is 0.400. The molecule has 2 aromatic rings. The molecule has 2 rings (SSSR count). The van der Waals surface area contributed by atoms with Gasteiger partial charge in [-0.2, -0.15) is 0 Å². The van der Waals surface area contributed by atoms with Crippen LogP contribution in [0.3, 0.4) is 0 Å². The first kappa shape index (κ1) is 17.3. The van der Waals surface area contributed by atoms with Gasteiger partial charge < -0.3 is 10.4 Å². The minimum Gasteiger partial charge on any atom is -0.396 e. The molecule has 1 aromatic heterocycles. The lowest BCUT2D eigenvalue weighted by molar-refractivity contribution is 0.243. The standard InChI is InChI=1S/C15H19FN4O2S/c1-10(6-7-21)9-17-14(22)18-15-20-19-13(23-15)8-11-2-4-12(16)5-3-11/h2-5,10,21H,6-9H2,1H3,(H2,17,18,20,22). The number of nitrogens with one attached hydrogen (secondary N) is 2. The van der Waals surface area contributed by atoms with Crippen LogP contribution in [0.2, 0.25) is 0 Å². The fourth-order valence-electron chi connectivity index (χ4n) is 1.88. The predicted octanol–water partition coefficient (Wildman–Crippen LogP) is 2.41. The molecule has 0 fully saturated rings. The Labute approximate surface area is 137 Å². The Morgan fingerprint density at radius 3 is 2.78 bits per heavy atom. The molecule has 1 unspecified atom stereocenters. The number of anilines is 1. The number of aliphatic hydroxyl groups is 1. The van der Waals surface area contributed by atoms with Crippen LogP contribution in [0.25, 0.3) is 0 Å². The largest absolute Gasteiger partial charge is 0.396 e. The van der Waals surface area contributed by atoms with Crippen molar-refractivity contribution >= 4 is 22.5 Å². The van der Waals surface area contributed by atoms with E-state index < -0.39 is 0 Å². The van der Waals surface area contributed by atoms with Crippen molar-refractivity contribution in [2.24, 2.45) is 5.92 Å². The average molecular weight is 338 g/mol. The molecule has 0 aliphatic carbocycles. The number of nitrogens with zero attached hydrogens (tertiary/aromatic N) is 2. The van der Waals surface area contributed by atoms with Crippen LogP contribution >= 0.6 is 11.3 Å². The lowest BCUT2D eigenvalue weighted by Crippen LogP contribution is -2.32. The van der Waals surface area contributed by atoms with Crippen LogP contribution < -0.4 is 10.6 Å². The Balaban J connectivity index is 1.82. The van der Waals surface area contributed by atoms with Crippen LogP contribution in [0.4, 0.5) is 14.3 Å². The highest BCUT2D eigenvalue weighted by Crippen LogP contribution is 2.18. The third-order valence-electron chi connectivity index (χ3n) is 3.19. The summed E-state index contributed by atoms with van der Waals surface area (Å²) in [6.07, 6.45) is 1.18. The second kappa shape index (κ2) is 8.54. The van der Waals surface area contributed by atoms with E-state index in [2.05, 4.69) is 20.8 Å². The lowest BCUT2D eigenvalue weighted by Gasteiger charge is -2.10. The molecule has 3 N–H and O–H groups in total. The van der Waals surface area contributed by atoms with E-state index in [-0.39, 0.29) is 24.4 Å². The average Bonchev–Trinajstić information content (AvgIpc) is 2.95. The Morgan fingerprint density at radius 2 is 2.09 bits per heavy atom. The van der Waals surface area contributed by atoms with Crippen LogP contribution in [-0.4, -0.2) is 34.5 Å². The Morgan fingerprint density at radius 1 is 1.35 bits per heavy atom. The van der Waals surface area contributed by atoms with Crippen molar-refractivity contribution in [2.45, 2.75) is 19.8 Å². The molecule has 0 aliphatic heterocycles. The number of amides is 2. The zero-order valence-electron chi connectivity index (χ0n) is 12.8. The van der Waals surface area contributed by atoms with E-state index in [4.69, 9.17) is 5.11 Å². The van der Waals surface area contributed by atoms with Gasteiger partial charge in [-0.3, -0.25) is 5.32 Å². The number of aromatic nitrogens is 2. The van der Waals surface area contributed by atoms with Crippen molar-refractivity contribution in [1.29, 1.82) is 0 Å². The van der Waals surface area contributed by atoms with Gasteiger partial charge in [-0.1, -0.05) is 30.4 Å². The molecular formula is C15H19FN4O2S. The number of hydrogen-bond donors (Lipinski definition) is 3. The highest BCUT2D eigenvalue weighted by molar-refractivity contribution is 7.15. The van der Waals surface area contributed by atoms with Gasteiger partial charge in [0, 0.05) is 19.6 Å². The van der Waals surface area contributed by atoms with Crippen molar-refractivity contribution in [3.63, 3.8) is 0 Å². The zero-order valence-corrected chi connectivity index (χ0v) is 13.6. The second-order valence-corrected chi connectivity index (χ2v) is 6.32. The van der Waals surface area contributed by atoms with Crippen LogP contribution in [0.5, 0.6) is 0 Å². The minimum atomic E-state index is -0.348. The van der Waals surface area contributed by atoms with Crippen LogP contribution in [0, 0.1) is 11.7 Å². The maximum absolute atomic E-state index is 12.9. The summed E-state index contributed by atoms with van der Waals surface area (Å²) in [4.78, 5) is 11.7. The van der Waals surface area contributed by atoms with Gasteiger partial charge in [0.05, 0.1) is 0 Å². The van der Waals surface area contributed by atoms with E-state index in [0.29, 0.717) is 24.5 Å². The number of carbonyl (C=O) groups is 1. The number of rotatable bonds is 7. The van der Waals surface area contributed by atoms with Crippen LogP contribution in [0.15, 0.2) is 24.3 Å². The summed E-state index contributed by atoms with van der Waals surface area (Å²) < 4.78 is 12.9. The van der Waals surface area contributed by atoms with E-state index in [1.165, 1.54) is 23.5 Å². The molecule has 2 amide bonds. The topological polar surface area (TPSA) is 87.1 Å². The van der Waals surface area contributed by atoms with Crippen molar-refractivity contribution in [3.05, 3.63) is 40.7 Å². The van der Waals surface area contributed by atoms with Crippen molar-refractivity contribution in [3.8, 4) is 0 Å². The molecular weight excluding hydrogens is 319 g/mol. The Bertz CT molecular complexity index is 633. The molecule has 0 spiro atoms. The summed E-state index contributed by atoms with van der Waals surface area (Å²) in [5.74, 6) is -0.0744. The van der Waals surface area contributed by atoms with Gasteiger partial charge in [0.2, 0.25) is 5.13 Å². The first-order chi connectivity index (χ1) is 11.1. The zero-order chi connectivity index (χ0) is 16.7. The van der Waals surface area contributed by atoms with E-state index in [1.807, 2.05) is 6.92 Å². The number of urea groups is 1. The van der Waals surface area contributed by atoms with Gasteiger partial charge in [-0.05, 0) is 30.0 Å². The highest BCUT2D eigenvalue weighted by Gasteiger charge is 2.10. The lowest BCUT2D eigenvalue weighted by atomic mass is 10.1.